The third-order valence-corrected chi connectivity index (χ3v) is 1.74. The van der Waals surface area contributed by atoms with Crippen LogP contribution in [-0.2, 0) is 11.3 Å². The van der Waals surface area contributed by atoms with E-state index < -0.39 is 0 Å². The summed E-state index contributed by atoms with van der Waals surface area (Å²) < 4.78 is 10.2. The number of aryl methyl sites for hydroxylation is 1. The molecule has 0 atom stereocenters. The van der Waals surface area contributed by atoms with Gasteiger partial charge in [0.05, 0.1) is 19.9 Å². The Morgan fingerprint density at radius 3 is 2.67 bits per heavy atom. The zero-order valence-electron chi connectivity index (χ0n) is 7.63. The predicted molar refractivity (Wildman–Crippen MR) is 46.2 cm³/mol. The molecule has 0 aliphatic carbocycles. The highest BCUT2D eigenvalue weighted by molar-refractivity contribution is 5.35. The third kappa shape index (κ3) is 1.74. The summed E-state index contributed by atoms with van der Waals surface area (Å²) in [5.41, 5.74) is 2.16. The van der Waals surface area contributed by atoms with Crippen molar-refractivity contribution in [1.82, 2.24) is 4.98 Å². The van der Waals surface area contributed by atoms with E-state index in [-0.39, 0.29) is 0 Å². The van der Waals surface area contributed by atoms with Gasteiger partial charge in [-0.2, -0.15) is 0 Å². The Hall–Kier alpha value is -1.09. The van der Waals surface area contributed by atoms with Gasteiger partial charge in [-0.05, 0) is 12.5 Å². The van der Waals surface area contributed by atoms with E-state index >= 15 is 0 Å². The second-order valence-corrected chi connectivity index (χ2v) is 2.57. The fourth-order valence-corrected chi connectivity index (χ4v) is 1.07. The Morgan fingerprint density at radius 1 is 1.33 bits per heavy atom. The number of ether oxygens (including phenoxy) is 2. The fourth-order valence-electron chi connectivity index (χ4n) is 1.07. The largest absolute Gasteiger partial charge is 0.495 e. The normalized spacial score (nSPS) is 9.92. The van der Waals surface area contributed by atoms with Crippen LogP contribution < -0.4 is 4.74 Å². The highest BCUT2D eigenvalue weighted by Crippen LogP contribution is 2.20. The van der Waals surface area contributed by atoms with Crippen LogP contribution in [0, 0.1) is 6.92 Å². The maximum Gasteiger partial charge on any atom is 0.142 e. The molecular formula is C9H13NO2. The maximum atomic E-state index is 5.14. The number of nitrogens with zero attached hydrogens (tertiary/aromatic N) is 1. The average molecular weight is 167 g/mol. The number of hydrogen-bond donors (Lipinski definition) is 0. The Labute approximate surface area is 72.3 Å². The predicted octanol–water partition coefficient (Wildman–Crippen LogP) is 1.55. The third-order valence-electron chi connectivity index (χ3n) is 1.74. The zero-order chi connectivity index (χ0) is 8.97. The quantitative estimate of drug-likeness (QED) is 0.684. The van der Waals surface area contributed by atoms with Gasteiger partial charge < -0.3 is 9.47 Å². The second-order valence-electron chi connectivity index (χ2n) is 2.57. The number of aromatic nitrogens is 1. The fraction of sp³-hybridized carbons (Fsp3) is 0.444. The van der Waals surface area contributed by atoms with Crippen molar-refractivity contribution in [3.05, 3.63) is 23.5 Å². The summed E-state index contributed by atoms with van der Waals surface area (Å²) in [6.07, 6.45) is 3.50. The Balaban J connectivity index is 3.02. The van der Waals surface area contributed by atoms with Gasteiger partial charge in [0.1, 0.15) is 5.75 Å². The van der Waals surface area contributed by atoms with Crippen molar-refractivity contribution >= 4 is 0 Å². The van der Waals surface area contributed by atoms with Crippen molar-refractivity contribution in [2.45, 2.75) is 13.5 Å². The molecule has 0 unspecified atom stereocenters. The number of rotatable bonds is 3. The van der Waals surface area contributed by atoms with Crippen molar-refractivity contribution in [1.29, 1.82) is 0 Å². The van der Waals surface area contributed by atoms with E-state index in [1.54, 1.807) is 26.6 Å². The van der Waals surface area contributed by atoms with Crippen LogP contribution in [0.3, 0.4) is 0 Å². The molecule has 12 heavy (non-hydrogen) atoms. The first-order valence-corrected chi connectivity index (χ1v) is 3.76. The van der Waals surface area contributed by atoms with E-state index in [4.69, 9.17) is 9.47 Å². The summed E-state index contributed by atoms with van der Waals surface area (Å²) in [6, 6.07) is 0. The molecule has 0 N–H and O–H groups in total. The maximum absolute atomic E-state index is 5.14. The minimum absolute atomic E-state index is 0.567. The molecule has 0 saturated carbocycles. The molecule has 0 bridgehead atoms. The smallest absolute Gasteiger partial charge is 0.142 e. The molecular weight excluding hydrogens is 154 g/mol. The lowest BCUT2D eigenvalue weighted by Gasteiger charge is -2.08. The molecule has 1 aromatic heterocycles. The minimum Gasteiger partial charge on any atom is -0.495 e. The van der Waals surface area contributed by atoms with Crippen molar-refractivity contribution in [3.63, 3.8) is 0 Å². The Kier molecular flexibility index (Phi) is 3.05. The van der Waals surface area contributed by atoms with Crippen molar-refractivity contribution < 1.29 is 9.47 Å². The number of hydrogen-bond acceptors (Lipinski definition) is 3. The average Bonchev–Trinajstić information content (AvgIpc) is 2.09. The summed E-state index contributed by atoms with van der Waals surface area (Å²) in [4.78, 5) is 4.02. The Bertz CT molecular complexity index is 261. The molecule has 1 rings (SSSR count). The van der Waals surface area contributed by atoms with Gasteiger partial charge in [-0.3, -0.25) is 4.98 Å². The van der Waals surface area contributed by atoms with Crippen LogP contribution in [0.1, 0.15) is 11.1 Å². The molecule has 0 aliphatic rings. The van der Waals surface area contributed by atoms with Crippen LogP contribution in [0.2, 0.25) is 0 Å². The molecule has 1 aromatic rings. The molecule has 0 spiro atoms. The van der Waals surface area contributed by atoms with E-state index in [1.165, 1.54) is 0 Å². The molecule has 0 aromatic carbocycles. The van der Waals surface area contributed by atoms with Gasteiger partial charge in [-0.1, -0.05) is 0 Å². The van der Waals surface area contributed by atoms with Gasteiger partial charge >= 0.3 is 0 Å². The first-order valence-electron chi connectivity index (χ1n) is 3.76. The lowest BCUT2D eigenvalue weighted by atomic mass is 10.1. The topological polar surface area (TPSA) is 31.4 Å². The van der Waals surface area contributed by atoms with Gasteiger partial charge in [0.15, 0.2) is 0 Å². The van der Waals surface area contributed by atoms with Crippen LogP contribution in [0.15, 0.2) is 12.4 Å². The highest BCUT2D eigenvalue weighted by Gasteiger charge is 2.05. The number of pyridine rings is 1. The second kappa shape index (κ2) is 4.07. The van der Waals surface area contributed by atoms with Gasteiger partial charge in [-0.25, -0.2) is 0 Å². The van der Waals surface area contributed by atoms with E-state index in [9.17, 15) is 0 Å². The van der Waals surface area contributed by atoms with E-state index in [1.807, 2.05) is 6.92 Å². The molecule has 66 valence electrons. The number of methoxy groups -OCH3 is 2. The first-order chi connectivity index (χ1) is 5.79. The first kappa shape index (κ1) is 9.00. The van der Waals surface area contributed by atoms with Crippen LogP contribution in [-0.4, -0.2) is 19.2 Å². The molecule has 3 nitrogen and oxygen atoms in total. The van der Waals surface area contributed by atoms with E-state index in [0.717, 1.165) is 16.9 Å². The summed E-state index contributed by atoms with van der Waals surface area (Å²) in [5.74, 6) is 0.789. The molecule has 0 saturated heterocycles. The summed E-state index contributed by atoms with van der Waals surface area (Å²) >= 11 is 0. The van der Waals surface area contributed by atoms with Crippen molar-refractivity contribution in [2.24, 2.45) is 0 Å². The molecule has 1 heterocycles. The SMILES string of the molecule is COCc1c(C)cncc1OC. The van der Waals surface area contributed by atoms with Crippen LogP contribution in [0.5, 0.6) is 5.75 Å². The monoisotopic (exact) mass is 167 g/mol. The molecule has 0 radical (unpaired) electrons. The van der Waals surface area contributed by atoms with Crippen LogP contribution in [0.4, 0.5) is 0 Å². The highest BCUT2D eigenvalue weighted by atomic mass is 16.5. The molecule has 0 fully saturated rings. The summed E-state index contributed by atoms with van der Waals surface area (Å²) in [7, 11) is 3.30. The van der Waals surface area contributed by atoms with Gasteiger partial charge in [0.2, 0.25) is 0 Å². The van der Waals surface area contributed by atoms with E-state index in [2.05, 4.69) is 4.98 Å². The van der Waals surface area contributed by atoms with Crippen LogP contribution >= 0.6 is 0 Å². The molecule has 3 heteroatoms. The van der Waals surface area contributed by atoms with E-state index in [0.29, 0.717) is 6.61 Å². The van der Waals surface area contributed by atoms with Gasteiger partial charge in [0, 0.05) is 18.9 Å². The lowest BCUT2D eigenvalue weighted by molar-refractivity contribution is 0.181. The van der Waals surface area contributed by atoms with Gasteiger partial charge in [-0.15, -0.1) is 0 Å². The Morgan fingerprint density at radius 2 is 2.08 bits per heavy atom. The summed E-state index contributed by atoms with van der Waals surface area (Å²) in [5, 5.41) is 0. The van der Waals surface area contributed by atoms with Gasteiger partial charge in [0.25, 0.3) is 0 Å². The van der Waals surface area contributed by atoms with Crippen molar-refractivity contribution in [3.8, 4) is 5.75 Å². The summed E-state index contributed by atoms with van der Waals surface area (Å²) in [6.45, 7) is 2.56. The zero-order valence-corrected chi connectivity index (χ0v) is 7.63. The van der Waals surface area contributed by atoms with Crippen molar-refractivity contribution in [2.75, 3.05) is 14.2 Å². The lowest BCUT2D eigenvalue weighted by Crippen LogP contribution is -1.97. The van der Waals surface area contributed by atoms with Crippen LogP contribution in [0.25, 0.3) is 0 Å². The minimum atomic E-state index is 0.567. The standard InChI is InChI=1S/C9H13NO2/c1-7-4-10-5-9(12-3)8(7)6-11-2/h4-5H,6H2,1-3H3. The molecule has 0 amide bonds. The molecule has 0 aliphatic heterocycles.